The number of carbonyl (C=O) groups excluding carboxylic acids is 2. The second kappa shape index (κ2) is 11.4. The maximum Gasteiger partial charge on any atom is 0.317 e. The fourth-order valence-electron chi connectivity index (χ4n) is 8.92. The molecule has 6 fully saturated rings. The molecule has 3 aliphatic carbocycles. The Morgan fingerprint density at radius 2 is 1.81 bits per heavy atom. The lowest BCUT2D eigenvalue weighted by Crippen LogP contribution is -2.53. The number of piperidine rings is 1. The first kappa shape index (κ1) is 25.9. The second-order valence-electron chi connectivity index (χ2n) is 12.9. The van der Waals surface area contributed by atoms with E-state index in [1.165, 1.54) is 32.1 Å². The van der Waals surface area contributed by atoms with Crippen LogP contribution in [0.5, 0.6) is 0 Å². The van der Waals surface area contributed by atoms with Gasteiger partial charge in [-0.1, -0.05) is 19.3 Å². The van der Waals surface area contributed by atoms with E-state index in [2.05, 4.69) is 15.5 Å². The summed E-state index contributed by atoms with van der Waals surface area (Å²) in [6.07, 6.45) is 13.1. The van der Waals surface area contributed by atoms with Crippen molar-refractivity contribution < 1.29 is 19.1 Å². The molecule has 0 aromatic rings. The number of fused-ring (bicyclic) bond motifs is 2. The first-order valence-corrected chi connectivity index (χ1v) is 15.3. The van der Waals surface area contributed by atoms with E-state index < -0.39 is 0 Å². The number of hydrogen-bond acceptors (Lipinski definition) is 5. The van der Waals surface area contributed by atoms with Crippen LogP contribution in [0.25, 0.3) is 0 Å². The van der Waals surface area contributed by atoms with Crippen LogP contribution in [-0.4, -0.2) is 92.5 Å². The Kier molecular flexibility index (Phi) is 7.96. The quantitative estimate of drug-likeness (QED) is 0.600. The average Bonchev–Trinajstić information content (AvgIpc) is 3.25. The first-order valence-electron chi connectivity index (χ1n) is 15.3. The summed E-state index contributed by atoms with van der Waals surface area (Å²) in [7, 11) is 1.84. The molecule has 0 aromatic carbocycles. The van der Waals surface area contributed by atoms with Crippen LogP contribution in [0.4, 0.5) is 4.79 Å². The molecule has 8 nitrogen and oxygen atoms in total. The molecule has 3 saturated carbocycles. The Bertz CT molecular complexity index is 826. The third kappa shape index (κ3) is 5.40. The predicted octanol–water partition coefficient (Wildman–Crippen LogP) is 3.01. The van der Waals surface area contributed by atoms with Gasteiger partial charge in [0.05, 0.1) is 18.8 Å². The second-order valence-corrected chi connectivity index (χ2v) is 12.9. The maximum absolute atomic E-state index is 13.8. The highest BCUT2D eigenvalue weighted by Crippen LogP contribution is 2.43. The zero-order valence-electron chi connectivity index (χ0n) is 22.7. The number of rotatable bonds is 4. The number of amides is 3. The van der Waals surface area contributed by atoms with E-state index in [1.807, 2.05) is 12.0 Å². The van der Waals surface area contributed by atoms with Crippen LogP contribution in [0.2, 0.25) is 0 Å². The van der Waals surface area contributed by atoms with Crippen molar-refractivity contribution in [1.82, 2.24) is 20.4 Å². The van der Waals surface area contributed by atoms with Gasteiger partial charge in [0.2, 0.25) is 5.91 Å². The number of nitrogens with zero attached hydrogens (tertiary/aromatic N) is 2. The molecule has 9 unspecified atom stereocenters. The highest BCUT2D eigenvalue weighted by molar-refractivity contribution is 5.80. The Morgan fingerprint density at radius 1 is 0.946 bits per heavy atom. The molecule has 3 amide bonds. The van der Waals surface area contributed by atoms with E-state index in [0.717, 1.165) is 76.7 Å². The highest BCUT2D eigenvalue weighted by atomic mass is 16.5. The van der Waals surface area contributed by atoms with Crippen LogP contribution < -0.4 is 10.6 Å². The largest absolute Gasteiger partial charge is 0.379 e. The van der Waals surface area contributed by atoms with Gasteiger partial charge in [-0.05, 0) is 75.7 Å². The van der Waals surface area contributed by atoms with Gasteiger partial charge >= 0.3 is 6.03 Å². The van der Waals surface area contributed by atoms with Crippen LogP contribution >= 0.6 is 0 Å². The molecular weight excluding hydrogens is 468 g/mol. The summed E-state index contributed by atoms with van der Waals surface area (Å²) in [6.45, 7) is 4.68. The third-order valence-corrected chi connectivity index (χ3v) is 10.9. The number of methoxy groups -OCH3 is 1. The number of hydrogen-bond donors (Lipinski definition) is 2. The predicted molar refractivity (Wildman–Crippen MR) is 141 cm³/mol. The number of nitrogens with one attached hydrogen (secondary N) is 2. The molecule has 3 saturated heterocycles. The van der Waals surface area contributed by atoms with Crippen LogP contribution in [0.15, 0.2) is 0 Å². The fourth-order valence-corrected chi connectivity index (χ4v) is 8.92. The van der Waals surface area contributed by atoms with Crippen LogP contribution in [-0.2, 0) is 14.3 Å². The van der Waals surface area contributed by atoms with Gasteiger partial charge in [-0.3, -0.25) is 4.79 Å². The van der Waals surface area contributed by atoms with Crippen molar-refractivity contribution in [2.24, 2.45) is 29.6 Å². The smallest absolute Gasteiger partial charge is 0.317 e. The molecule has 0 spiro atoms. The van der Waals surface area contributed by atoms with E-state index >= 15 is 0 Å². The fraction of sp³-hybridized carbons (Fsp3) is 0.931. The lowest BCUT2D eigenvalue weighted by atomic mass is 9.66. The molecule has 3 heterocycles. The van der Waals surface area contributed by atoms with Crippen molar-refractivity contribution in [3.63, 3.8) is 0 Å². The van der Waals surface area contributed by atoms with E-state index in [9.17, 15) is 9.59 Å². The van der Waals surface area contributed by atoms with Gasteiger partial charge in [0, 0.05) is 57.2 Å². The van der Waals surface area contributed by atoms with Gasteiger partial charge in [0.15, 0.2) is 0 Å². The summed E-state index contributed by atoms with van der Waals surface area (Å²) in [5.74, 6) is 2.82. The molecule has 208 valence electrons. The van der Waals surface area contributed by atoms with Crippen molar-refractivity contribution in [2.75, 3.05) is 46.4 Å². The molecule has 6 rings (SSSR count). The van der Waals surface area contributed by atoms with Crippen LogP contribution in [0, 0.1) is 29.6 Å². The van der Waals surface area contributed by atoms with Crippen molar-refractivity contribution in [3.8, 4) is 0 Å². The molecular formula is C29H48N4O4. The minimum Gasteiger partial charge on any atom is -0.379 e. The standard InChI is InChI=1S/C29H48N4O4/c1-36-26-16-21(22-13-19-5-2-3-8-25(19)31-17-22)14-23-18-32(11-12-37-27(23)26)28(34)20-6-4-7-24(15-20)33-10-9-30-29(33)35/h19-27,31H,2-18H2,1H3,(H,30,35). The van der Waals surface area contributed by atoms with Gasteiger partial charge in [-0.2, -0.15) is 0 Å². The topological polar surface area (TPSA) is 83.1 Å². The normalized spacial score (nSPS) is 42.9. The number of ether oxygens (including phenoxy) is 2. The average molecular weight is 517 g/mol. The molecule has 6 aliphatic rings. The minimum atomic E-state index is 0.0205. The minimum absolute atomic E-state index is 0.0205. The lowest BCUT2D eigenvalue weighted by molar-refractivity contribution is -0.138. The van der Waals surface area contributed by atoms with Crippen molar-refractivity contribution >= 4 is 11.9 Å². The molecule has 8 heteroatoms. The summed E-state index contributed by atoms with van der Waals surface area (Å²) >= 11 is 0. The van der Waals surface area contributed by atoms with E-state index in [0.29, 0.717) is 30.9 Å². The first-order chi connectivity index (χ1) is 18.1. The molecule has 0 aromatic heterocycles. The maximum atomic E-state index is 13.8. The van der Waals surface area contributed by atoms with Gasteiger partial charge < -0.3 is 29.9 Å². The molecule has 0 bridgehead atoms. The summed E-state index contributed by atoms with van der Waals surface area (Å²) in [5, 5.41) is 6.85. The SMILES string of the molecule is COC1CC(C2CNC3CCCCC3C2)CC2CN(C(=O)C3CCCC(N4CCNC4=O)C3)CCOC21. The van der Waals surface area contributed by atoms with Crippen molar-refractivity contribution in [3.05, 3.63) is 0 Å². The van der Waals surface area contributed by atoms with Crippen LogP contribution in [0.3, 0.4) is 0 Å². The molecule has 0 radical (unpaired) electrons. The van der Waals surface area contributed by atoms with Gasteiger partial charge in [-0.25, -0.2) is 4.79 Å². The van der Waals surface area contributed by atoms with E-state index in [4.69, 9.17) is 9.47 Å². The summed E-state index contributed by atoms with van der Waals surface area (Å²) in [5.41, 5.74) is 0. The van der Waals surface area contributed by atoms with Gasteiger partial charge in [0.25, 0.3) is 0 Å². The Morgan fingerprint density at radius 3 is 2.65 bits per heavy atom. The Hall–Kier alpha value is -1.38. The summed E-state index contributed by atoms with van der Waals surface area (Å²) in [6, 6.07) is 0.972. The van der Waals surface area contributed by atoms with Gasteiger partial charge in [0.1, 0.15) is 0 Å². The van der Waals surface area contributed by atoms with E-state index in [-0.39, 0.29) is 36.1 Å². The monoisotopic (exact) mass is 516 g/mol. The van der Waals surface area contributed by atoms with Crippen molar-refractivity contribution in [1.29, 1.82) is 0 Å². The Labute approximate surface area is 222 Å². The Balaban J connectivity index is 1.11. The van der Waals surface area contributed by atoms with Gasteiger partial charge in [-0.15, -0.1) is 0 Å². The van der Waals surface area contributed by atoms with Crippen LogP contribution in [0.1, 0.15) is 70.6 Å². The third-order valence-electron chi connectivity index (χ3n) is 10.9. The summed E-state index contributed by atoms with van der Waals surface area (Å²) in [4.78, 5) is 30.1. The molecule has 9 atom stereocenters. The molecule has 3 aliphatic heterocycles. The molecule has 2 N–H and O–H groups in total. The zero-order valence-corrected chi connectivity index (χ0v) is 22.7. The zero-order chi connectivity index (χ0) is 25.4. The molecule has 37 heavy (non-hydrogen) atoms. The number of urea groups is 1. The summed E-state index contributed by atoms with van der Waals surface area (Å²) < 4.78 is 12.5. The van der Waals surface area contributed by atoms with E-state index in [1.54, 1.807) is 0 Å². The number of carbonyl (C=O) groups is 2. The van der Waals surface area contributed by atoms with Crippen molar-refractivity contribution in [2.45, 2.75) is 94.9 Å². The lowest BCUT2D eigenvalue weighted by Gasteiger charge is -2.47. The highest BCUT2D eigenvalue weighted by Gasteiger charge is 2.46.